The fourth-order valence-electron chi connectivity index (χ4n) is 3.14. The molecule has 1 amide bonds. The highest BCUT2D eigenvalue weighted by molar-refractivity contribution is 8.00. The monoisotopic (exact) mass is 407 g/mol. The second-order valence-electron chi connectivity index (χ2n) is 7.50. The van der Waals surface area contributed by atoms with Gasteiger partial charge in [-0.05, 0) is 36.8 Å². The van der Waals surface area contributed by atoms with Crippen molar-refractivity contribution in [2.45, 2.75) is 89.7 Å². The largest absolute Gasteiger partial charge is 0.480 e. The normalized spacial score (nSPS) is 11.9. The highest BCUT2D eigenvalue weighted by Gasteiger charge is 2.21. The van der Waals surface area contributed by atoms with E-state index in [9.17, 15) is 14.7 Å². The van der Waals surface area contributed by atoms with Crippen molar-refractivity contribution in [3.8, 4) is 0 Å². The first-order valence-electron chi connectivity index (χ1n) is 10.7. The average Bonchev–Trinajstić information content (AvgIpc) is 2.65. The smallest absolute Gasteiger partial charge is 0.317 e. The SMILES string of the molecule is CCCCCCCCCCCCSC(CC(=O)Nc1cccc(C)c1)C(=O)O. The number of unbranched alkanes of at least 4 members (excludes halogenated alkanes) is 9. The minimum Gasteiger partial charge on any atom is -0.480 e. The molecule has 0 aliphatic heterocycles. The van der Waals surface area contributed by atoms with Crippen LogP contribution in [0.15, 0.2) is 24.3 Å². The number of carbonyl (C=O) groups is 2. The standard InChI is InChI=1S/C23H37NO3S/c1-3-4-5-6-7-8-9-10-11-12-16-28-21(23(26)27)18-22(25)24-20-15-13-14-19(2)17-20/h13-15,17,21H,3-12,16,18H2,1-2H3,(H,24,25)(H,26,27). The Morgan fingerprint density at radius 3 is 2.18 bits per heavy atom. The van der Waals surface area contributed by atoms with Gasteiger partial charge >= 0.3 is 5.97 Å². The van der Waals surface area contributed by atoms with E-state index in [2.05, 4.69) is 12.2 Å². The number of carboxylic acids is 1. The zero-order valence-electron chi connectivity index (χ0n) is 17.5. The highest BCUT2D eigenvalue weighted by Crippen LogP contribution is 2.20. The molecule has 1 aromatic rings. The average molecular weight is 408 g/mol. The molecular formula is C23H37NO3S. The van der Waals surface area contributed by atoms with E-state index in [1.54, 1.807) is 0 Å². The summed E-state index contributed by atoms with van der Waals surface area (Å²) in [5.74, 6) is -0.351. The van der Waals surface area contributed by atoms with E-state index >= 15 is 0 Å². The molecule has 5 heteroatoms. The molecule has 0 saturated heterocycles. The van der Waals surface area contributed by atoms with Gasteiger partial charge in [-0.2, -0.15) is 0 Å². The van der Waals surface area contributed by atoms with Crippen LogP contribution in [0.5, 0.6) is 0 Å². The molecule has 1 unspecified atom stereocenters. The number of amides is 1. The summed E-state index contributed by atoms with van der Waals surface area (Å²) in [6.07, 6.45) is 12.7. The number of benzene rings is 1. The van der Waals surface area contributed by atoms with Crippen LogP contribution < -0.4 is 5.32 Å². The zero-order chi connectivity index (χ0) is 20.6. The van der Waals surface area contributed by atoms with Crippen LogP contribution in [0.25, 0.3) is 0 Å². The number of hydrogen-bond acceptors (Lipinski definition) is 3. The molecule has 0 aliphatic carbocycles. The molecule has 0 aromatic heterocycles. The molecule has 0 aliphatic rings. The predicted molar refractivity (Wildman–Crippen MR) is 120 cm³/mol. The van der Waals surface area contributed by atoms with E-state index in [1.165, 1.54) is 63.1 Å². The van der Waals surface area contributed by atoms with Gasteiger partial charge < -0.3 is 10.4 Å². The van der Waals surface area contributed by atoms with E-state index in [0.29, 0.717) is 5.69 Å². The number of rotatable bonds is 16. The van der Waals surface area contributed by atoms with Crippen molar-refractivity contribution in [3.63, 3.8) is 0 Å². The molecule has 1 aromatic carbocycles. The Hall–Kier alpha value is -1.49. The summed E-state index contributed by atoms with van der Waals surface area (Å²) >= 11 is 1.39. The summed E-state index contributed by atoms with van der Waals surface area (Å²) < 4.78 is 0. The number of hydrogen-bond donors (Lipinski definition) is 2. The third-order valence-corrected chi connectivity index (χ3v) is 6.06. The van der Waals surface area contributed by atoms with Crippen molar-refractivity contribution in [1.82, 2.24) is 0 Å². The molecule has 0 heterocycles. The fraction of sp³-hybridized carbons (Fsp3) is 0.652. The minimum atomic E-state index is -0.906. The molecule has 158 valence electrons. The lowest BCUT2D eigenvalue weighted by molar-refractivity contribution is -0.137. The molecule has 0 saturated carbocycles. The zero-order valence-corrected chi connectivity index (χ0v) is 18.4. The minimum absolute atomic E-state index is 0.00566. The van der Waals surface area contributed by atoms with Gasteiger partial charge in [0.05, 0.1) is 0 Å². The molecule has 0 fully saturated rings. The number of carboxylic acid groups (broad SMARTS) is 1. The molecule has 2 N–H and O–H groups in total. The van der Waals surface area contributed by atoms with E-state index in [1.807, 2.05) is 31.2 Å². The van der Waals surface area contributed by atoms with Crippen molar-refractivity contribution in [1.29, 1.82) is 0 Å². The van der Waals surface area contributed by atoms with Crippen LogP contribution in [-0.2, 0) is 9.59 Å². The Morgan fingerprint density at radius 2 is 1.61 bits per heavy atom. The summed E-state index contributed by atoms with van der Waals surface area (Å²) in [5.41, 5.74) is 1.77. The number of nitrogens with one attached hydrogen (secondary N) is 1. The van der Waals surface area contributed by atoms with Gasteiger partial charge in [-0.3, -0.25) is 9.59 Å². The van der Waals surface area contributed by atoms with Crippen LogP contribution in [0.2, 0.25) is 0 Å². The van der Waals surface area contributed by atoms with Gasteiger partial charge in [0.15, 0.2) is 0 Å². The lowest BCUT2D eigenvalue weighted by Crippen LogP contribution is -2.24. The second-order valence-corrected chi connectivity index (χ2v) is 8.81. The lowest BCUT2D eigenvalue weighted by atomic mass is 10.1. The molecule has 4 nitrogen and oxygen atoms in total. The van der Waals surface area contributed by atoms with Gasteiger partial charge in [-0.25, -0.2) is 0 Å². The number of aliphatic carboxylic acids is 1. The fourth-order valence-corrected chi connectivity index (χ4v) is 4.20. The summed E-state index contributed by atoms with van der Waals surface area (Å²) in [5, 5.41) is 11.5. The Kier molecular flexibility index (Phi) is 13.5. The number of aryl methyl sites for hydroxylation is 1. The molecular weight excluding hydrogens is 370 g/mol. The molecule has 0 spiro atoms. The third-order valence-electron chi connectivity index (χ3n) is 4.76. The lowest BCUT2D eigenvalue weighted by Gasteiger charge is -2.12. The van der Waals surface area contributed by atoms with Crippen molar-refractivity contribution in [2.24, 2.45) is 0 Å². The first-order valence-corrected chi connectivity index (χ1v) is 11.8. The van der Waals surface area contributed by atoms with Gasteiger partial charge in [0.2, 0.25) is 5.91 Å². The van der Waals surface area contributed by atoms with Crippen molar-refractivity contribution < 1.29 is 14.7 Å². The van der Waals surface area contributed by atoms with Crippen molar-refractivity contribution >= 4 is 29.3 Å². The van der Waals surface area contributed by atoms with Gasteiger partial charge in [0.25, 0.3) is 0 Å². The maximum Gasteiger partial charge on any atom is 0.317 e. The summed E-state index contributed by atoms with van der Waals surface area (Å²) in [6.45, 7) is 4.20. The maximum absolute atomic E-state index is 12.2. The van der Waals surface area contributed by atoms with E-state index < -0.39 is 11.2 Å². The van der Waals surface area contributed by atoms with Gasteiger partial charge in [0, 0.05) is 12.1 Å². The van der Waals surface area contributed by atoms with Crippen molar-refractivity contribution in [2.75, 3.05) is 11.1 Å². The van der Waals surface area contributed by atoms with Crippen LogP contribution in [0.3, 0.4) is 0 Å². The summed E-state index contributed by atoms with van der Waals surface area (Å²) in [4.78, 5) is 23.6. The first-order chi connectivity index (χ1) is 13.5. The van der Waals surface area contributed by atoms with E-state index in [-0.39, 0.29) is 12.3 Å². The van der Waals surface area contributed by atoms with E-state index in [0.717, 1.165) is 24.2 Å². The van der Waals surface area contributed by atoms with Gasteiger partial charge in [0.1, 0.15) is 5.25 Å². The van der Waals surface area contributed by atoms with Gasteiger partial charge in [-0.1, -0.05) is 76.8 Å². The highest BCUT2D eigenvalue weighted by atomic mass is 32.2. The van der Waals surface area contributed by atoms with Crippen LogP contribution in [0.4, 0.5) is 5.69 Å². The summed E-state index contributed by atoms with van der Waals surface area (Å²) in [6, 6.07) is 7.53. The van der Waals surface area contributed by atoms with E-state index in [4.69, 9.17) is 0 Å². The molecule has 1 atom stereocenters. The van der Waals surface area contributed by atoms with Gasteiger partial charge in [-0.15, -0.1) is 11.8 Å². The third kappa shape index (κ3) is 12.1. The maximum atomic E-state index is 12.2. The summed E-state index contributed by atoms with van der Waals surface area (Å²) in [7, 11) is 0. The first kappa shape index (κ1) is 24.5. The Labute approximate surface area is 174 Å². The number of thioether (sulfide) groups is 1. The molecule has 28 heavy (non-hydrogen) atoms. The van der Waals surface area contributed by atoms with Crippen LogP contribution >= 0.6 is 11.8 Å². The van der Waals surface area contributed by atoms with Crippen LogP contribution in [0.1, 0.15) is 83.1 Å². The van der Waals surface area contributed by atoms with Crippen LogP contribution in [0, 0.1) is 6.92 Å². The Bertz CT molecular complexity index is 577. The Morgan fingerprint density at radius 1 is 1.00 bits per heavy atom. The second kappa shape index (κ2) is 15.4. The quantitative estimate of drug-likeness (QED) is 0.310. The number of carbonyl (C=O) groups excluding carboxylic acids is 1. The predicted octanol–water partition coefficient (Wildman–Crippen LogP) is 6.43. The topological polar surface area (TPSA) is 66.4 Å². The molecule has 0 radical (unpaired) electrons. The number of anilines is 1. The van der Waals surface area contributed by atoms with Crippen molar-refractivity contribution in [3.05, 3.63) is 29.8 Å². The van der Waals surface area contributed by atoms with Crippen LogP contribution in [-0.4, -0.2) is 28.0 Å². The Balaban J connectivity index is 2.14. The molecule has 0 bridgehead atoms. The molecule has 1 rings (SSSR count).